The molecule has 0 saturated heterocycles. The van der Waals surface area contributed by atoms with E-state index in [1.165, 1.54) is 10.6 Å². The van der Waals surface area contributed by atoms with Gasteiger partial charge in [-0.25, -0.2) is 9.59 Å². The van der Waals surface area contributed by atoms with Crippen molar-refractivity contribution in [3.05, 3.63) is 34.3 Å². The lowest BCUT2D eigenvalue weighted by atomic mass is 10.1. The Bertz CT molecular complexity index is 727. The Kier molecular flexibility index (Phi) is 4.54. The molecule has 1 heterocycles. The fourth-order valence-corrected chi connectivity index (χ4v) is 1.99. The maximum Gasteiger partial charge on any atom is 0.419 e. The van der Waals surface area contributed by atoms with Crippen LogP contribution in [0.15, 0.2) is 27.4 Å². The third kappa shape index (κ3) is 3.38. The summed E-state index contributed by atoms with van der Waals surface area (Å²) in [5.41, 5.74) is 1.27. The monoisotopic (exact) mass is 293 g/mol. The van der Waals surface area contributed by atoms with E-state index in [4.69, 9.17) is 14.3 Å². The number of aliphatic carboxylic acids is 1. The first-order valence-corrected chi connectivity index (χ1v) is 6.49. The van der Waals surface area contributed by atoms with Gasteiger partial charge in [-0.3, -0.25) is 9.36 Å². The van der Waals surface area contributed by atoms with Crippen LogP contribution in [0.5, 0.6) is 0 Å². The molecular formula is C14H15NO6. The van der Waals surface area contributed by atoms with Crippen molar-refractivity contribution in [3.63, 3.8) is 0 Å². The molecule has 1 aromatic heterocycles. The zero-order valence-electron chi connectivity index (χ0n) is 11.5. The van der Waals surface area contributed by atoms with Gasteiger partial charge in [0.1, 0.15) is 13.2 Å². The number of aryl methyl sites for hydroxylation is 1. The molecule has 0 unspecified atom stereocenters. The summed E-state index contributed by atoms with van der Waals surface area (Å²) in [6.45, 7) is 1.62. The van der Waals surface area contributed by atoms with Crippen LogP contribution in [-0.2, 0) is 16.1 Å². The number of ether oxygens (including phenoxy) is 1. The Morgan fingerprint density at radius 1 is 1.33 bits per heavy atom. The minimum Gasteiger partial charge on any atom is -0.480 e. The summed E-state index contributed by atoms with van der Waals surface area (Å²) in [5.74, 6) is -1.97. The van der Waals surface area contributed by atoms with Crippen molar-refractivity contribution < 1.29 is 23.8 Å². The van der Waals surface area contributed by atoms with Crippen molar-refractivity contribution in [2.75, 3.05) is 13.2 Å². The number of oxazole rings is 1. The number of rotatable bonds is 7. The largest absolute Gasteiger partial charge is 0.480 e. The summed E-state index contributed by atoms with van der Waals surface area (Å²) in [6.07, 6.45) is 0.790. The first-order chi connectivity index (χ1) is 10.0. The molecule has 0 radical (unpaired) electrons. The van der Waals surface area contributed by atoms with Gasteiger partial charge in [0, 0.05) is 12.1 Å². The third-order valence-corrected chi connectivity index (χ3v) is 2.90. The van der Waals surface area contributed by atoms with Crippen molar-refractivity contribution in [2.24, 2.45) is 0 Å². The number of hydrogen-bond donors (Lipinski definition) is 1. The zero-order chi connectivity index (χ0) is 15.4. The quantitative estimate of drug-likeness (QED) is 0.772. The molecule has 0 aliphatic carbocycles. The lowest BCUT2D eigenvalue weighted by Crippen LogP contribution is -2.14. The summed E-state index contributed by atoms with van der Waals surface area (Å²) in [5, 5.41) is 8.43. The van der Waals surface area contributed by atoms with Gasteiger partial charge in [0.15, 0.2) is 11.4 Å². The third-order valence-electron chi connectivity index (χ3n) is 2.90. The Morgan fingerprint density at radius 3 is 2.76 bits per heavy atom. The van der Waals surface area contributed by atoms with E-state index in [2.05, 4.69) is 0 Å². The van der Waals surface area contributed by atoms with Crippen LogP contribution in [-0.4, -0.2) is 34.6 Å². The molecule has 112 valence electrons. The Hall–Kier alpha value is -2.41. The van der Waals surface area contributed by atoms with Crippen molar-refractivity contribution in [1.82, 2.24) is 4.57 Å². The number of fused-ring (bicyclic) bond motifs is 1. The molecule has 0 bridgehead atoms. The molecule has 2 rings (SSSR count). The minimum atomic E-state index is -1.14. The van der Waals surface area contributed by atoms with Gasteiger partial charge in [0.05, 0.1) is 5.52 Å². The van der Waals surface area contributed by atoms with Gasteiger partial charge in [0.2, 0.25) is 0 Å². The van der Waals surface area contributed by atoms with E-state index < -0.39 is 18.3 Å². The lowest BCUT2D eigenvalue weighted by molar-refractivity contribution is -0.141. The number of carbonyl (C=O) groups is 2. The number of carboxylic acid groups (broad SMARTS) is 1. The van der Waals surface area contributed by atoms with Gasteiger partial charge in [-0.1, -0.05) is 6.92 Å². The second kappa shape index (κ2) is 6.36. The van der Waals surface area contributed by atoms with Gasteiger partial charge in [-0.15, -0.1) is 0 Å². The number of ketones is 1. The minimum absolute atomic E-state index is 0.310. The van der Waals surface area contributed by atoms with Crippen LogP contribution in [0.4, 0.5) is 0 Å². The number of carboxylic acids is 1. The number of aromatic nitrogens is 1. The first-order valence-electron chi connectivity index (χ1n) is 6.49. The molecule has 0 atom stereocenters. The fraction of sp³-hybridized carbons (Fsp3) is 0.357. The van der Waals surface area contributed by atoms with Crippen molar-refractivity contribution in [3.8, 4) is 0 Å². The number of Topliss-reactive ketones (excluding diaryl/α,β-unsaturated/α-hetero) is 1. The molecule has 1 aromatic carbocycles. The SMILES string of the molecule is CCCn1c(=O)oc2cc(C(=O)COCC(=O)O)ccc21. The van der Waals surface area contributed by atoms with Crippen LogP contribution in [0.2, 0.25) is 0 Å². The zero-order valence-corrected chi connectivity index (χ0v) is 11.5. The second-order valence-corrected chi connectivity index (χ2v) is 4.51. The van der Waals surface area contributed by atoms with Gasteiger partial charge in [0.25, 0.3) is 0 Å². The average Bonchev–Trinajstić information content (AvgIpc) is 2.74. The summed E-state index contributed by atoms with van der Waals surface area (Å²) in [4.78, 5) is 33.8. The normalized spacial score (nSPS) is 10.9. The van der Waals surface area contributed by atoms with Crippen LogP contribution in [0.1, 0.15) is 23.7 Å². The maximum atomic E-state index is 11.8. The highest BCUT2D eigenvalue weighted by Crippen LogP contribution is 2.16. The molecule has 7 nitrogen and oxygen atoms in total. The summed E-state index contributed by atoms with van der Waals surface area (Å²) >= 11 is 0. The average molecular weight is 293 g/mol. The van der Waals surface area contributed by atoms with Crippen molar-refractivity contribution in [1.29, 1.82) is 0 Å². The summed E-state index contributed by atoms with van der Waals surface area (Å²) < 4.78 is 11.4. The molecular weight excluding hydrogens is 278 g/mol. The van der Waals surface area contributed by atoms with Gasteiger partial charge in [-0.05, 0) is 24.6 Å². The molecule has 7 heteroatoms. The van der Waals surface area contributed by atoms with Gasteiger partial charge in [-0.2, -0.15) is 0 Å². The Balaban J connectivity index is 2.21. The van der Waals surface area contributed by atoms with E-state index in [9.17, 15) is 14.4 Å². The molecule has 21 heavy (non-hydrogen) atoms. The first kappa shape index (κ1) is 15.0. The predicted molar refractivity (Wildman–Crippen MR) is 73.6 cm³/mol. The molecule has 2 aromatic rings. The highest BCUT2D eigenvalue weighted by molar-refractivity contribution is 5.99. The van der Waals surface area contributed by atoms with Crippen LogP contribution in [0.3, 0.4) is 0 Å². The van der Waals surface area contributed by atoms with E-state index in [0.717, 1.165) is 6.42 Å². The van der Waals surface area contributed by atoms with Crippen molar-refractivity contribution >= 4 is 22.9 Å². The molecule has 0 spiro atoms. The molecule has 0 saturated carbocycles. The Morgan fingerprint density at radius 2 is 2.10 bits per heavy atom. The van der Waals surface area contributed by atoms with E-state index in [1.807, 2.05) is 6.92 Å². The topological polar surface area (TPSA) is 98.7 Å². The van der Waals surface area contributed by atoms with Crippen LogP contribution in [0, 0.1) is 0 Å². The van der Waals surface area contributed by atoms with E-state index in [-0.39, 0.29) is 12.4 Å². The number of carbonyl (C=O) groups excluding carboxylic acids is 1. The number of nitrogens with zero attached hydrogens (tertiary/aromatic N) is 1. The number of benzene rings is 1. The highest BCUT2D eigenvalue weighted by atomic mass is 16.5. The fourth-order valence-electron chi connectivity index (χ4n) is 1.99. The maximum absolute atomic E-state index is 11.8. The molecule has 0 amide bonds. The van der Waals surface area contributed by atoms with E-state index in [1.54, 1.807) is 12.1 Å². The van der Waals surface area contributed by atoms with Crippen LogP contribution >= 0.6 is 0 Å². The second-order valence-electron chi connectivity index (χ2n) is 4.51. The van der Waals surface area contributed by atoms with Crippen LogP contribution in [0.25, 0.3) is 11.1 Å². The Labute approximate surface area is 119 Å². The van der Waals surface area contributed by atoms with Crippen molar-refractivity contribution in [2.45, 2.75) is 19.9 Å². The standard InChI is InChI=1S/C14H15NO6/c1-2-5-15-10-4-3-9(6-12(10)21-14(15)19)11(16)7-20-8-13(17)18/h3-4,6H,2,5,7-8H2,1H3,(H,17,18). The molecule has 0 fully saturated rings. The molecule has 1 N–H and O–H groups in total. The van der Waals surface area contributed by atoms with E-state index in [0.29, 0.717) is 23.2 Å². The van der Waals surface area contributed by atoms with Gasteiger partial charge < -0.3 is 14.3 Å². The predicted octanol–water partition coefficient (Wildman–Crippen LogP) is 1.29. The smallest absolute Gasteiger partial charge is 0.419 e. The summed E-state index contributed by atoms with van der Waals surface area (Å²) in [7, 11) is 0. The molecule has 0 aliphatic heterocycles. The van der Waals surface area contributed by atoms with Gasteiger partial charge >= 0.3 is 11.7 Å². The van der Waals surface area contributed by atoms with Crippen LogP contribution < -0.4 is 5.76 Å². The molecule has 0 aliphatic rings. The van der Waals surface area contributed by atoms with E-state index >= 15 is 0 Å². The summed E-state index contributed by atoms with van der Waals surface area (Å²) in [6, 6.07) is 4.67. The lowest BCUT2D eigenvalue weighted by Gasteiger charge is -2.02. The highest BCUT2D eigenvalue weighted by Gasteiger charge is 2.13. The number of hydrogen-bond acceptors (Lipinski definition) is 5.